The molecule has 0 radical (unpaired) electrons. The lowest BCUT2D eigenvalue weighted by molar-refractivity contribution is -0.0876. The number of rotatable bonds is 3. The Hall–Kier alpha value is -0.530. The van der Waals surface area contributed by atoms with Crippen molar-refractivity contribution in [3.05, 3.63) is 28.2 Å². The summed E-state index contributed by atoms with van der Waals surface area (Å²) >= 11 is 3.21. The van der Waals surface area contributed by atoms with Gasteiger partial charge < -0.3 is 0 Å². The van der Waals surface area contributed by atoms with Crippen LogP contribution in [0.4, 0.5) is 8.78 Å². The molecule has 0 amide bonds. The lowest BCUT2D eigenvalue weighted by Gasteiger charge is -2.34. The van der Waals surface area contributed by atoms with Gasteiger partial charge in [0.15, 0.2) is 0 Å². The summed E-state index contributed by atoms with van der Waals surface area (Å²) in [6, 6.07) is 4.05. The van der Waals surface area contributed by atoms with Crippen molar-refractivity contribution >= 4 is 26.0 Å². The van der Waals surface area contributed by atoms with E-state index >= 15 is 0 Å². The van der Waals surface area contributed by atoms with Crippen molar-refractivity contribution in [3.8, 4) is 0 Å². The highest BCUT2D eigenvalue weighted by atomic mass is 79.9. The molecule has 0 unspecified atom stereocenters. The molecular formula is C11H12BrF2NO2S. The van der Waals surface area contributed by atoms with E-state index in [4.69, 9.17) is 0 Å². The van der Waals surface area contributed by atoms with Crippen molar-refractivity contribution in [1.29, 1.82) is 0 Å². The van der Waals surface area contributed by atoms with E-state index in [-0.39, 0.29) is 4.90 Å². The summed E-state index contributed by atoms with van der Waals surface area (Å²) in [6.45, 7) is 1.77. The Bertz CT molecular complexity index is 546. The third-order valence-electron chi connectivity index (χ3n) is 2.74. The van der Waals surface area contributed by atoms with E-state index in [2.05, 4.69) is 20.7 Å². The summed E-state index contributed by atoms with van der Waals surface area (Å²) in [6.07, 6.45) is -0.863. The highest BCUT2D eigenvalue weighted by molar-refractivity contribution is 9.10. The van der Waals surface area contributed by atoms with Crippen molar-refractivity contribution in [2.45, 2.75) is 36.6 Å². The lowest BCUT2D eigenvalue weighted by atomic mass is 9.89. The van der Waals surface area contributed by atoms with Gasteiger partial charge in [0.2, 0.25) is 10.0 Å². The molecule has 0 atom stereocenters. The van der Waals surface area contributed by atoms with Gasteiger partial charge in [-0.3, -0.25) is 0 Å². The van der Waals surface area contributed by atoms with Crippen LogP contribution in [0.3, 0.4) is 0 Å². The number of sulfonamides is 1. The highest BCUT2D eigenvalue weighted by Crippen LogP contribution is 2.38. The first kappa shape index (κ1) is 13.9. The van der Waals surface area contributed by atoms with Crippen LogP contribution in [-0.4, -0.2) is 20.4 Å². The normalized spacial score (nSPS) is 19.6. The van der Waals surface area contributed by atoms with Crippen LogP contribution in [0.2, 0.25) is 0 Å². The first-order valence-corrected chi connectivity index (χ1v) is 7.63. The fourth-order valence-corrected chi connectivity index (χ4v) is 4.01. The van der Waals surface area contributed by atoms with E-state index in [0.717, 1.165) is 5.56 Å². The molecule has 1 saturated carbocycles. The fourth-order valence-electron chi connectivity index (χ4n) is 1.89. The van der Waals surface area contributed by atoms with Crippen LogP contribution in [0.5, 0.6) is 0 Å². The molecule has 7 heteroatoms. The van der Waals surface area contributed by atoms with E-state index in [1.165, 1.54) is 12.1 Å². The zero-order valence-electron chi connectivity index (χ0n) is 9.58. The molecule has 1 aliphatic rings. The van der Waals surface area contributed by atoms with E-state index < -0.39 is 34.8 Å². The SMILES string of the molecule is Cc1cc(Br)cc(S(=O)(=O)NC2CC(F)(F)C2)c1. The zero-order chi connectivity index (χ0) is 13.6. The molecule has 3 nitrogen and oxygen atoms in total. The number of hydrogen-bond acceptors (Lipinski definition) is 2. The molecule has 1 N–H and O–H groups in total. The first-order valence-electron chi connectivity index (χ1n) is 5.35. The molecule has 18 heavy (non-hydrogen) atoms. The van der Waals surface area contributed by atoms with E-state index in [1.807, 2.05) is 0 Å². The van der Waals surface area contributed by atoms with Gasteiger partial charge in [-0.2, -0.15) is 0 Å². The van der Waals surface area contributed by atoms with Gasteiger partial charge in [0.05, 0.1) is 4.90 Å². The predicted octanol–water partition coefficient (Wildman–Crippen LogP) is 2.83. The Balaban J connectivity index is 2.16. The number of hydrogen-bond donors (Lipinski definition) is 1. The molecule has 0 bridgehead atoms. The second-order valence-corrected chi connectivity index (χ2v) is 7.18. The number of aryl methyl sites for hydroxylation is 1. The van der Waals surface area contributed by atoms with E-state index in [0.29, 0.717) is 4.47 Å². The van der Waals surface area contributed by atoms with Crippen molar-refractivity contribution in [1.82, 2.24) is 4.72 Å². The zero-order valence-corrected chi connectivity index (χ0v) is 12.0. The van der Waals surface area contributed by atoms with Crippen molar-refractivity contribution in [2.24, 2.45) is 0 Å². The predicted molar refractivity (Wildman–Crippen MR) is 67.2 cm³/mol. The van der Waals surface area contributed by atoms with Crippen LogP contribution in [0.25, 0.3) is 0 Å². The summed E-state index contributed by atoms with van der Waals surface area (Å²) in [5.41, 5.74) is 0.781. The van der Waals surface area contributed by atoms with Crippen molar-refractivity contribution in [3.63, 3.8) is 0 Å². The van der Waals surface area contributed by atoms with Crippen LogP contribution in [0.1, 0.15) is 18.4 Å². The molecule has 2 rings (SSSR count). The topological polar surface area (TPSA) is 46.2 Å². The summed E-state index contributed by atoms with van der Waals surface area (Å²) < 4.78 is 52.2. The smallest absolute Gasteiger partial charge is 0.208 e. The maximum atomic E-state index is 12.7. The molecule has 1 aliphatic carbocycles. The van der Waals surface area contributed by atoms with Gasteiger partial charge in [0.25, 0.3) is 5.92 Å². The quantitative estimate of drug-likeness (QED) is 0.920. The van der Waals surface area contributed by atoms with E-state index in [1.54, 1.807) is 13.0 Å². The third kappa shape index (κ3) is 3.07. The van der Waals surface area contributed by atoms with Crippen LogP contribution >= 0.6 is 15.9 Å². The molecule has 1 aromatic rings. The van der Waals surface area contributed by atoms with Crippen LogP contribution in [0.15, 0.2) is 27.6 Å². The summed E-state index contributed by atoms with van der Waals surface area (Å²) in [4.78, 5) is 0.0876. The molecule has 0 aromatic heterocycles. The molecule has 1 aromatic carbocycles. The van der Waals surface area contributed by atoms with Crippen molar-refractivity contribution < 1.29 is 17.2 Å². The van der Waals surface area contributed by atoms with Gasteiger partial charge in [-0.25, -0.2) is 21.9 Å². The van der Waals surface area contributed by atoms with Gasteiger partial charge in [0.1, 0.15) is 0 Å². The number of nitrogens with one attached hydrogen (secondary N) is 1. The van der Waals surface area contributed by atoms with Crippen LogP contribution in [-0.2, 0) is 10.0 Å². The number of alkyl halides is 2. The summed E-state index contributed by atoms with van der Waals surface area (Å²) in [7, 11) is -3.73. The molecule has 100 valence electrons. The van der Waals surface area contributed by atoms with Gasteiger partial charge in [-0.1, -0.05) is 15.9 Å². The largest absolute Gasteiger partial charge is 0.251 e. The van der Waals surface area contributed by atoms with E-state index in [9.17, 15) is 17.2 Å². The molecule has 0 heterocycles. The average molecular weight is 340 g/mol. The molecular weight excluding hydrogens is 328 g/mol. The standard InChI is InChI=1S/C11H12BrF2NO2S/c1-7-2-8(12)4-10(3-7)18(16,17)15-9-5-11(13,14)6-9/h2-4,9,15H,5-6H2,1H3. The van der Waals surface area contributed by atoms with Gasteiger partial charge in [-0.15, -0.1) is 0 Å². The fraction of sp³-hybridized carbons (Fsp3) is 0.455. The Labute approximate surface area is 113 Å². The second-order valence-electron chi connectivity index (χ2n) is 4.55. The first-order chi connectivity index (χ1) is 8.18. The van der Waals surface area contributed by atoms with Crippen LogP contribution < -0.4 is 4.72 Å². The lowest BCUT2D eigenvalue weighted by Crippen LogP contribution is -2.50. The maximum Gasteiger partial charge on any atom is 0.251 e. The highest BCUT2D eigenvalue weighted by Gasteiger charge is 2.46. The van der Waals surface area contributed by atoms with Gasteiger partial charge in [-0.05, 0) is 30.7 Å². The monoisotopic (exact) mass is 339 g/mol. The third-order valence-corrected chi connectivity index (χ3v) is 4.70. The maximum absolute atomic E-state index is 12.7. The second kappa shape index (κ2) is 4.54. The minimum atomic E-state index is -3.73. The number of halogens is 3. The number of benzene rings is 1. The van der Waals surface area contributed by atoms with Crippen LogP contribution in [0, 0.1) is 6.92 Å². The van der Waals surface area contributed by atoms with Gasteiger partial charge >= 0.3 is 0 Å². The Morgan fingerprint density at radius 2 is 1.94 bits per heavy atom. The summed E-state index contributed by atoms with van der Waals surface area (Å²) in [5, 5.41) is 0. The molecule has 0 saturated heterocycles. The van der Waals surface area contributed by atoms with Crippen molar-refractivity contribution in [2.75, 3.05) is 0 Å². The Kier molecular flexibility index (Phi) is 3.50. The minimum Gasteiger partial charge on any atom is -0.208 e. The summed E-state index contributed by atoms with van der Waals surface area (Å²) in [5.74, 6) is -2.74. The Morgan fingerprint density at radius 1 is 1.33 bits per heavy atom. The Morgan fingerprint density at radius 3 is 2.44 bits per heavy atom. The molecule has 0 aliphatic heterocycles. The van der Waals surface area contributed by atoms with Gasteiger partial charge in [0, 0.05) is 23.4 Å². The molecule has 1 fully saturated rings. The average Bonchev–Trinajstić information content (AvgIpc) is 2.12. The molecule has 0 spiro atoms. The minimum absolute atomic E-state index is 0.0876.